The summed E-state index contributed by atoms with van der Waals surface area (Å²) >= 11 is 5.55. The number of Topliss-reactive ketones (excluding diaryl/α,β-unsaturated/α-hetero) is 1. The molecule has 1 unspecified atom stereocenters. The van der Waals surface area contributed by atoms with Gasteiger partial charge in [-0.05, 0) is 18.9 Å². The van der Waals surface area contributed by atoms with E-state index in [4.69, 9.17) is 16.7 Å². The molecule has 1 aliphatic carbocycles. The van der Waals surface area contributed by atoms with Gasteiger partial charge >= 0.3 is 0 Å². The van der Waals surface area contributed by atoms with Crippen molar-refractivity contribution in [2.24, 2.45) is 0 Å². The number of halogens is 1. The van der Waals surface area contributed by atoms with Gasteiger partial charge in [0.1, 0.15) is 11.1 Å². The lowest BCUT2D eigenvalue weighted by atomic mass is 10.2. The predicted molar refractivity (Wildman–Crippen MR) is 39.2 cm³/mol. The van der Waals surface area contributed by atoms with Crippen molar-refractivity contribution >= 4 is 17.4 Å². The number of aliphatic hydroxyl groups is 1. The molecule has 0 aromatic heterocycles. The van der Waals surface area contributed by atoms with E-state index >= 15 is 0 Å². The number of alkyl halides is 1. The third-order valence-electron chi connectivity index (χ3n) is 1.52. The van der Waals surface area contributed by atoms with E-state index in [9.17, 15) is 4.79 Å². The van der Waals surface area contributed by atoms with Gasteiger partial charge in [0.05, 0.1) is 0 Å². The van der Waals surface area contributed by atoms with Gasteiger partial charge in [0.2, 0.25) is 0 Å². The number of rotatable bonds is 0. The van der Waals surface area contributed by atoms with E-state index in [-0.39, 0.29) is 11.5 Å². The Hall–Kier alpha value is -0.500. The molecule has 0 spiro atoms. The molecule has 56 valence electrons. The van der Waals surface area contributed by atoms with Crippen LogP contribution in [0.3, 0.4) is 0 Å². The fraction of sp³-hybridized carbons (Fsp3) is 0.571. The van der Waals surface area contributed by atoms with Crippen LogP contribution in [0.4, 0.5) is 0 Å². The number of aliphatic hydroxyl groups excluding tert-OH is 1. The summed E-state index contributed by atoms with van der Waals surface area (Å²) < 4.78 is 0. The number of hydrogen-bond acceptors (Lipinski definition) is 2. The van der Waals surface area contributed by atoms with Crippen molar-refractivity contribution in [1.82, 2.24) is 0 Å². The summed E-state index contributed by atoms with van der Waals surface area (Å²) in [6.45, 7) is 0. The number of carbonyl (C=O) groups excluding carboxylic acids is 1. The number of ketones is 1. The monoisotopic (exact) mass is 160 g/mol. The fourth-order valence-corrected chi connectivity index (χ4v) is 1.12. The molecule has 0 aromatic rings. The van der Waals surface area contributed by atoms with Gasteiger partial charge in [0.15, 0.2) is 5.78 Å². The number of carbonyl (C=O) groups is 1. The molecule has 2 nitrogen and oxygen atoms in total. The van der Waals surface area contributed by atoms with Crippen LogP contribution >= 0.6 is 11.6 Å². The van der Waals surface area contributed by atoms with Crippen LogP contribution in [0, 0.1) is 0 Å². The van der Waals surface area contributed by atoms with Gasteiger partial charge in [0, 0.05) is 6.42 Å². The largest absolute Gasteiger partial charge is 0.511 e. The van der Waals surface area contributed by atoms with Crippen LogP contribution in [0.15, 0.2) is 11.8 Å². The van der Waals surface area contributed by atoms with E-state index in [1.807, 2.05) is 0 Å². The van der Waals surface area contributed by atoms with Crippen LogP contribution in [-0.2, 0) is 4.79 Å². The lowest BCUT2D eigenvalue weighted by Crippen LogP contribution is -2.14. The van der Waals surface area contributed by atoms with E-state index < -0.39 is 5.38 Å². The minimum absolute atomic E-state index is 0.0177. The molecular formula is C7H9ClO2. The topological polar surface area (TPSA) is 37.3 Å². The highest BCUT2D eigenvalue weighted by Crippen LogP contribution is 2.17. The van der Waals surface area contributed by atoms with Gasteiger partial charge in [-0.1, -0.05) is 0 Å². The zero-order valence-electron chi connectivity index (χ0n) is 5.51. The fourth-order valence-electron chi connectivity index (χ4n) is 0.921. The predicted octanol–water partition coefficient (Wildman–Crippen LogP) is 1.79. The second-order valence-electron chi connectivity index (χ2n) is 2.35. The molecule has 10 heavy (non-hydrogen) atoms. The van der Waals surface area contributed by atoms with Crippen molar-refractivity contribution in [2.75, 3.05) is 0 Å². The summed E-state index contributed by atoms with van der Waals surface area (Å²) in [6.07, 6.45) is 3.64. The van der Waals surface area contributed by atoms with Gasteiger partial charge in [-0.3, -0.25) is 4.79 Å². The van der Waals surface area contributed by atoms with Crippen LogP contribution in [-0.4, -0.2) is 16.3 Å². The highest BCUT2D eigenvalue weighted by Gasteiger charge is 2.20. The van der Waals surface area contributed by atoms with Gasteiger partial charge in [-0.15, -0.1) is 11.6 Å². The Morgan fingerprint density at radius 2 is 2.40 bits per heavy atom. The first-order valence-corrected chi connectivity index (χ1v) is 3.71. The summed E-state index contributed by atoms with van der Waals surface area (Å²) in [5.41, 5.74) is 0. The highest BCUT2D eigenvalue weighted by molar-refractivity contribution is 6.32. The maximum atomic E-state index is 10.9. The summed E-state index contributed by atoms with van der Waals surface area (Å²) in [5, 5.41) is 8.25. The maximum absolute atomic E-state index is 10.9. The first-order valence-electron chi connectivity index (χ1n) is 3.27. The van der Waals surface area contributed by atoms with Gasteiger partial charge in [-0.25, -0.2) is 0 Å². The van der Waals surface area contributed by atoms with Crippen LogP contribution < -0.4 is 0 Å². The van der Waals surface area contributed by atoms with Crippen LogP contribution in [0.2, 0.25) is 0 Å². The van der Waals surface area contributed by atoms with E-state index in [0.29, 0.717) is 6.42 Å². The molecule has 0 fully saturated rings. The molecule has 0 bridgehead atoms. The quantitative estimate of drug-likeness (QED) is 0.549. The molecule has 0 saturated heterocycles. The molecule has 0 amide bonds. The Labute approximate surface area is 64.5 Å². The average Bonchev–Trinajstić information content (AvgIpc) is 2.04. The summed E-state index contributed by atoms with van der Waals surface area (Å²) in [7, 11) is 0. The molecule has 0 radical (unpaired) electrons. The summed E-state index contributed by atoms with van der Waals surface area (Å²) in [5.74, 6) is -0.0583. The van der Waals surface area contributed by atoms with E-state index in [0.717, 1.165) is 12.8 Å². The molecule has 1 rings (SSSR count). The Kier molecular flexibility index (Phi) is 2.33. The normalized spacial score (nSPS) is 27.5. The second-order valence-corrected chi connectivity index (χ2v) is 2.79. The molecule has 1 aliphatic rings. The van der Waals surface area contributed by atoms with Crippen molar-refractivity contribution in [3.05, 3.63) is 11.8 Å². The Balaban J connectivity index is 2.71. The third-order valence-corrected chi connectivity index (χ3v) is 1.99. The summed E-state index contributed by atoms with van der Waals surface area (Å²) in [6, 6.07) is 0. The SMILES string of the molecule is O=C1CCCC=C(O)C1Cl. The van der Waals surface area contributed by atoms with Gasteiger partial charge < -0.3 is 5.11 Å². The molecule has 0 aliphatic heterocycles. The Morgan fingerprint density at radius 3 is 3.10 bits per heavy atom. The standard InChI is InChI=1S/C7H9ClO2/c8-7-5(9)3-1-2-4-6(7)10/h3,7,9H,1-2,4H2. The van der Waals surface area contributed by atoms with Gasteiger partial charge in [-0.2, -0.15) is 0 Å². The third kappa shape index (κ3) is 1.51. The van der Waals surface area contributed by atoms with Gasteiger partial charge in [0.25, 0.3) is 0 Å². The molecule has 1 N–H and O–H groups in total. The molecule has 0 heterocycles. The Bertz CT molecular complexity index is 174. The molecule has 0 saturated carbocycles. The van der Waals surface area contributed by atoms with Crippen LogP contribution in [0.25, 0.3) is 0 Å². The summed E-state index contributed by atoms with van der Waals surface area (Å²) in [4.78, 5) is 10.9. The van der Waals surface area contributed by atoms with E-state index in [2.05, 4.69) is 0 Å². The van der Waals surface area contributed by atoms with Crippen molar-refractivity contribution in [3.8, 4) is 0 Å². The molecular weight excluding hydrogens is 152 g/mol. The molecule has 3 heteroatoms. The number of hydrogen-bond donors (Lipinski definition) is 1. The second kappa shape index (κ2) is 3.06. The Morgan fingerprint density at radius 1 is 1.70 bits per heavy atom. The van der Waals surface area contributed by atoms with E-state index in [1.165, 1.54) is 0 Å². The minimum Gasteiger partial charge on any atom is -0.511 e. The molecule has 1 atom stereocenters. The van der Waals surface area contributed by atoms with Crippen LogP contribution in [0.5, 0.6) is 0 Å². The first-order chi connectivity index (χ1) is 4.72. The van der Waals surface area contributed by atoms with E-state index in [1.54, 1.807) is 6.08 Å². The van der Waals surface area contributed by atoms with Crippen molar-refractivity contribution < 1.29 is 9.90 Å². The zero-order valence-corrected chi connectivity index (χ0v) is 6.27. The minimum atomic E-state index is -0.789. The zero-order chi connectivity index (χ0) is 7.56. The molecule has 0 aromatic carbocycles. The van der Waals surface area contributed by atoms with Crippen molar-refractivity contribution in [3.63, 3.8) is 0 Å². The first kappa shape index (κ1) is 7.61. The average molecular weight is 161 g/mol. The lowest BCUT2D eigenvalue weighted by molar-refractivity contribution is -0.118. The number of allylic oxidation sites excluding steroid dienone is 2. The van der Waals surface area contributed by atoms with Crippen LogP contribution in [0.1, 0.15) is 19.3 Å². The van der Waals surface area contributed by atoms with Crippen molar-refractivity contribution in [2.45, 2.75) is 24.6 Å². The highest BCUT2D eigenvalue weighted by atomic mass is 35.5. The maximum Gasteiger partial charge on any atom is 0.158 e. The van der Waals surface area contributed by atoms with Crippen molar-refractivity contribution in [1.29, 1.82) is 0 Å². The smallest absolute Gasteiger partial charge is 0.158 e. The lowest BCUT2D eigenvalue weighted by Gasteiger charge is -2.02.